The van der Waals surface area contributed by atoms with Gasteiger partial charge < -0.3 is 10.0 Å². The summed E-state index contributed by atoms with van der Waals surface area (Å²) < 4.78 is 0. The molecule has 1 fully saturated rings. The van der Waals surface area contributed by atoms with Crippen molar-refractivity contribution in [2.75, 3.05) is 26.2 Å². The highest BCUT2D eigenvalue weighted by Gasteiger charge is 2.34. The lowest BCUT2D eigenvalue weighted by atomic mass is 9.82. The van der Waals surface area contributed by atoms with Crippen LogP contribution in [0.4, 0.5) is 0 Å². The lowest BCUT2D eigenvalue weighted by Crippen LogP contribution is -2.41. The molecule has 1 aliphatic heterocycles. The van der Waals surface area contributed by atoms with Crippen LogP contribution in [0.25, 0.3) is 0 Å². The molecule has 2 rings (SSSR count). The maximum Gasteiger partial charge on any atom is 0.0537 e. The Morgan fingerprint density at radius 3 is 2.44 bits per heavy atom. The highest BCUT2D eigenvalue weighted by molar-refractivity contribution is 5.25. The third-order valence-corrected chi connectivity index (χ3v) is 4.15. The van der Waals surface area contributed by atoms with Gasteiger partial charge in [0.2, 0.25) is 0 Å². The number of benzene rings is 1. The van der Waals surface area contributed by atoms with Crippen molar-refractivity contribution >= 4 is 0 Å². The zero-order chi connectivity index (χ0) is 13.2. The summed E-state index contributed by atoms with van der Waals surface area (Å²) in [6.45, 7) is 10.2. The van der Waals surface area contributed by atoms with Crippen molar-refractivity contribution in [2.24, 2.45) is 5.41 Å². The van der Waals surface area contributed by atoms with Crippen molar-refractivity contribution in [3.05, 3.63) is 35.9 Å². The van der Waals surface area contributed by atoms with Gasteiger partial charge in [-0.3, -0.25) is 0 Å². The van der Waals surface area contributed by atoms with Crippen LogP contribution in [-0.2, 0) is 5.41 Å². The number of hydrogen-bond acceptors (Lipinski definition) is 2. The topological polar surface area (TPSA) is 23.5 Å². The summed E-state index contributed by atoms with van der Waals surface area (Å²) in [5, 5.41) is 9.80. The fourth-order valence-corrected chi connectivity index (χ4v) is 2.93. The Kier molecular flexibility index (Phi) is 3.79. The molecule has 1 N–H and O–H groups in total. The van der Waals surface area contributed by atoms with Crippen molar-refractivity contribution in [2.45, 2.75) is 32.6 Å². The first kappa shape index (κ1) is 13.6. The van der Waals surface area contributed by atoms with Crippen molar-refractivity contribution in [1.82, 2.24) is 4.90 Å². The van der Waals surface area contributed by atoms with Gasteiger partial charge in [0.1, 0.15) is 0 Å². The van der Waals surface area contributed by atoms with Gasteiger partial charge >= 0.3 is 0 Å². The molecule has 1 unspecified atom stereocenters. The molecule has 1 aromatic carbocycles. The average molecular weight is 247 g/mol. The second kappa shape index (κ2) is 5.02. The largest absolute Gasteiger partial charge is 0.395 e. The number of rotatable bonds is 4. The van der Waals surface area contributed by atoms with Crippen molar-refractivity contribution in [1.29, 1.82) is 0 Å². The number of nitrogens with zero attached hydrogens (tertiary/aromatic N) is 1. The van der Waals surface area contributed by atoms with Gasteiger partial charge in [-0.2, -0.15) is 0 Å². The van der Waals surface area contributed by atoms with Crippen LogP contribution in [0.15, 0.2) is 30.3 Å². The van der Waals surface area contributed by atoms with E-state index in [1.54, 1.807) is 0 Å². The van der Waals surface area contributed by atoms with E-state index in [1.807, 2.05) is 6.07 Å². The number of aliphatic hydroxyl groups is 1. The molecule has 100 valence electrons. The molecule has 18 heavy (non-hydrogen) atoms. The molecule has 1 aromatic rings. The third kappa shape index (κ3) is 2.93. The predicted molar refractivity (Wildman–Crippen MR) is 75.7 cm³/mol. The molecule has 2 nitrogen and oxygen atoms in total. The van der Waals surface area contributed by atoms with E-state index >= 15 is 0 Å². The summed E-state index contributed by atoms with van der Waals surface area (Å²) >= 11 is 0. The Morgan fingerprint density at radius 1 is 1.28 bits per heavy atom. The molecule has 1 heterocycles. The molecular weight excluding hydrogens is 222 g/mol. The highest BCUT2D eigenvalue weighted by Crippen LogP contribution is 2.32. The minimum absolute atomic E-state index is 0.151. The molecule has 0 bridgehead atoms. The minimum atomic E-state index is -0.151. The molecule has 0 spiro atoms. The van der Waals surface area contributed by atoms with Gasteiger partial charge in [-0.1, -0.05) is 51.1 Å². The average Bonchev–Trinajstić information content (AvgIpc) is 2.69. The first-order chi connectivity index (χ1) is 8.45. The highest BCUT2D eigenvalue weighted by atomic mass is 16.3. The van der Waals surface area contributed by atoms with E-state index in [0.717, 1.165) is 19.6 Å². The lowest BCUT2D eigenvalue weighted by molar-refractivity contribution is 0.152. The minimum Gasteiger partial charge on any atom is -0.395 e. The SMILES string of the molecule is CC1(C)CCN(CC(C)(CO)c2ccccc2)C1. The molecule has 2 heteroatoms. The van der Waals surface area contributed by atoms with E-state index in [9.17, 15) is 5.11 Å². The third-order valence-electron chi connectivity index (χ3n) is 4.15. The van der Waals surface area contributed by atoms with Gasteiger partial charge in [0.05, 0.1) is 6.61 Å². The van der Waals surface area contributed by atoms with E-state index in [1.165, 1.54) is 12.0 Å². The second-order valence-corrected chi connectivity index (χ2v) is 6.71. The standard InChI is InChI=1S/C16H25NO/c1-15(2)9-10-17(11-15)12-16(3,13-18)14-7-5-4-6-8-14/h4-8,18H,9-13H2,1-3H3. The van der Waals surface area contributed by atoms with Crippen molar-refractivity contribution in [3.63, 3.8) is 0 Å². The number of likely N-dealkylation sites (tertiary alicyclic amines) is 1. The maximum atomic E-state index is 9.80. The van der Waals surface area contributed by atoms with Gasteiger partial charge in [0.15, 0.2) is 0 Å². The van der Waals surface area contributed by atoms with Crippen LogP contribution in [0, 0.1) is 5.41 Å². The van der Waals surface area contributed by atoms with Crippen molar-refractivity contribution < 1.29 is 5.11 Å². The molecule has 1 atom stereocenters. The Morgan fingerprint density at radius 2 is 1.94 bits per heavy atom. The lowest BCUT2D eigenvalue weighted by Gasteiger charge is -2.33. The number of aliphatic hydroxyl groups excluding tert-OH is 1. The van der Waals surface area contributed by atoms with Crippen LogP contribution in [0.1, 0.15) is 32.8 Å². The number of hydrogen-bond donors (Lipinski definition) is 1. The van der Waals surface area contributed by atoms with Gasteiger partial charge in [-0.15, -0.1) is 0 Å². The van der Waals surface area contributed by atoms with E-state index in [2.05, 4.69) is 49.9 Å². The van der Waals surface area contributed by atoms with Crippen LogP contribution in [0.2, 0.25) is 0 Å². The van der Waals surface area contributed by atoms with Crippen LogP contribution in [0.3, 0.4) is 0 Å². The summed E-state index contributed by atoms with van der Waals surface area (Å²) in [5.41, 5.74) is 1.51. The molecular formula is C16H25NO. The summed E-state index contributed by atoms with van der Waals surface area (Å²) in [4.78, 5) is 2.49. The van der Waals surface area contributed by atoms with Gasteiger partial charge in [0.25, 0.3) is 0 Å². The fourth-order valence-electron chi connectivity index (χ4n) is 2.93. The molecule has 0 saturated carbocycles. The Bertz CT molecular complexity index is 387. The summed E-state index contributed by atoms with van der Waals surface area (Å²) in [6.07, 6.45) is 1.25. The molecule has 0 radical (unpaired) electrons. The zero-order valence-electron chi connectivity index (χ0n) is 11.8. The fraction of sp³-hybridized carbons (Fsp3) is 0.625. The van der Waals surface area contributed by atoms with Gasteiger partial charge in [-0.25, -0.2) is 0 Å². The first-order valence-electron chi connectivity index (χ1n) is 6.84. The predicted octanol–water partition coefficient (Wildman–Crippen LogP) is 2.67. The summed E-state index contributed by atoms with van der Waals surface area (Å²) in [7, 11) is 0. The Hall–Kier alpha value is -0.860. The molecule has 0 aromatic heterocycles. The van der Waals surface area contributed by atoms with Crippen molar-refractivity contribution in [3.8, 4) is 0 Å². The maximum absolute atomic E-state index is 9.80. The van der Waals surface area contributed by atoms with Crippen LogP contribution in [0.5, 0.6) is 0 Å². The van der Waals surface area contributed by atoms with Crippen LogP contribution >= 0.6 is 0 Å². The zero-order valence-corrected chi connectivity index (χ0v) is 11.8. The van der Waals surface area contributed by atoms with Crippen LogP contribution in [-0.4, -0.2) is 36.2 Å². The quantitative estimate of drug-likeness (QED) is 0.884. The second-order valence-electron chi connectivity index (χ2n) is 6.71. The molecule has 1 aliphatic rings. The van der Waals surface area contributed by atoms with E-state index in [-0.39, 0.29) is 12.0 Å². The van der Waals surface area contributed by atoms with E-state index in [4.69, 9.17) is 0 Å². The first-order valence-corrected chi connectivity index (χ1v) is 6.84. The summed E-state index contributed by atoms with van der Waals surface area (Å²) in [6, 6.07) is 10.4. The Balaban J connectivity index is 2.10. The van der Waals surface area contributed by atoms with Gasteiger partial charge in [-0.05, 0) is 23.9 Å². The van der Waals surface area contributed by atoms with Crippen LogP contribution < -0.4 is 0 Å². The normalized spacial score (nSPS) is 22.9. The van der Waals surface area contributed by atoms with E-state index < -0.39 is 0 Å². The molecule has 1 saturated heterocycles. The Labute approximate surface area is 111 Å². The molecule has 0 aliphatic carbocycles. The summed E-state index contributed by atoms with van der Waals surface area (Å²) in [5.74, 6) is 0. The van der Waals surface area contributed by atoms with E-state index in [0.29, 0.717) is 5.41 Å². The monoisotopic (exact) mass is 247 g/mol. The molecule has 0 amide bonds. The van der Waals surface area contributed by atoms with Gasteiger partial charge in [0, 0.05) is 18.5 Å². The smallest absolute Gasteiger partial charge is 0.0537 e.